The summed E-state index contributed by atoms with van der Waals surface area (Å²) >= 11 is 0. The van der Waals surface area contributed by atoms with Crippen LogP contribution in [0.5, 0.6) is 0 Å². The van der Waals surface area contributed by atoms with Gasteiger partial charge in [-0.1, -0.05) is 111 Å². The van der Waals surface area contributed by atoms with E-state index in [1.165, 1.54) is 51.4 Å². The Labute approximate surface area is 220 Å². The molecule has 212 valence electrons. The third-order valence-corrected chi connectivity index (χ3v) is 6.80. The average molecular weight is 514 g/mol. The second-order valence-corrected chi connectivity index (χ2v) is 10.7. The van der Waals surface area contributed by atoms with E-state index < -0.39 is 30.0 Å². The van der Waals surface area contributed by atoms with Crippen LogP contribution in [0.3, 0.4) is 0 Å². The molecular weight excluding hydrogens is 458 g/mol. The van der Waals surface area contributed by atoms with Gasteiger partial charge in [0.1, 0.15) is 6.04 Å². The van der Waals surface area contributed by atoms with Crippen molar-refractivity contribution in [1.82, 2.24) is 5.32 Å². The molecule has 0 rings (SSSR count). The summed E-state index contributed by atoms with van der Waals surface area (Å²) in [6, 6.07) is -0.611. The summed E-state index contributed by atoms with van der Waals surface area (Å²) in [7, 11) is 0. The molecule has 0 fully saturated rings. The van der Waals surface area contributed by atoms with Crippen LogP contribution >= 0.6 is 0 Å². The zero-order valence-corrected chi connectivity index (χ0v) is 23.3. The predicted octanol–water partition coefficient (Wildman–Crippen LogP) is 6.40. The van der Waals surface area contributed by atoms with Crippen molar-refractivity contribution in [3.8, 4) is 0 Å². The van der Waals surface area contributed by atoms with Crippen LogP contribution in [0.25, 0.3) is 0 Å². The summed E-state index contributed by atoms with van der Waals surface area (Å²) in [5.41, 5.74) is 0. The second-order valence-electron chi connectivity index (χ2n) is 10.7. The average Bonchev–Trinajstić information content (AvgIpc) is 2.83. The smallest absolute Gasteiger partial charge is 0.328 e. The highest BCUT2D eigenvalue weighted by atomic mass is 16.5. The summed E-state index contributed by atoms with van der Waals surface area (Å²) < 4.78 is 5.27. The van der Waals surface area contributed by atoms with Gasteiger partial charge in [0.05, 0.1) is 18.6 Å². The molecule has 0 unspecified atom stereocenters. The third-order valence-electron chi connectivity index (χ3n) is 6.80. The summed E-state index contributed by atoms with van der Waals surface area (Å²) in [5.74, 6) is -1.77. The van der Waals surface area contributed by atoms with Gasteiger partial charge in [-0.2, -0.15) is 0 Å². The van der Waals surface area contributed by atoms with Crippen molar-refractivity contribution in [2.45, 2.75) is 148 Å². The Hall–Kier alpha value is -1.63. The number of hydrogen-bond donors (Lipinski definition) is 3. The Kier molecular flexibility index (Phi) is 22.7. The van der Waals surface area contributed by atoms with Gasteiger partial charge in [0.15, 0.2) is 0 Å². The highest BCUT2D eigenvalue weighted by Gasteiger charge is 2.25. The van der Waals surface area contributed by atoms with Gasteiger partial charge in [-0.05, 0) is 31.6 Å². The van der Waals surface area contributed by atoms with Crippen molar-refractivity contribution in [3.05, 3.63) is 0 Å². The quantitative estimate of drug-likeness (QED) is 0.0700. The lowest BCUT2D eigenvalue weighted by molar-refractivity contribution is -0.148. The molecule has 7 heteroatoms. The highest BCUT2D eigenvalue weighted by molar-refractivity contribution is 5.78. The van der Waals surface area contributed by atoms with Crippen molar-refractivity contribution in [2.75, 3.05) is 6.61 Å². The minimum absolute atomic E-state index is 0.266. The monoisotopic (exact) mass is 513 g/mol. The fraction of sp³-hybridized carbons (Fsp3) is 0.897. The van der Waals surface area contributed by atoms with Gasteiger partial charge in [-0.25, -0.2) is 4.79 Å². The molecule has 0 aliphatic carbocycles. The van der Waals surface area contributed by atoms with E-state index in [1.54, 1.807) is 0 Å². The van der Waals surface area contributed by atoms with E-state index in [4.69, 9.17) is 4.74 Å². The summed E-state index contributed by atoms with van der Waals surface area (Å²) in [6.45, 7) is 6.48. The third kappa shape index (κ3) is 19.5. The van der Waals surface area contributed by atoms with Gasteiger partial charge in [0.25, 0.3) is 0 Å². The number of hydrogen-bond acceptors (Lipinski definition) is 5. The van der Waals surface area contributed by atoms with Crippen LogP contribution in [0.1, 0.15) is 136 Å². The second kappa shape index (κ2) is 23.7. The number of esters is 1. The molecule has 0 saturated heterocycles. The molecule has 0 heterocycles. The van der Waals surface area contributed by atoms with Crippen LogP contribution < -0.4 is 5.32 Å². The Morgan fingerprint density at radius 2 is 1.31 bits per heavy atom. The number of carbonyl (C=O) groups is 3. The zero-order chi connectivity index (χ0) is 27.0. The van der Waals surface area contributed by atoms with Crippen molar-refractivity contribution in [2.24, 2.45) is 11.8 Å². The number of nitrogens with one attached hydrogen (secondary N) is 1. The Balaban J connectivity index is 3.89. The van der Waals surface area contributed by atoms with E-state index in [1.807, 2.05) is 13.8 Å². The number of aliphatic carboxylic acids is 1. The Morgan fingerprint density at radius 1 is 0.806 bits per heavy atom. The van der Waals surface area contributed by atoms with E-state index in [9.17, 15) is 24.6 Å². The molecule has 0 aromatic carbocycles. The van der Waals surface area contributed by atoms with Crippen LogP contribution in [0.4, 0.5) is 0 Å². The first-order chi connectivity index (χ1) is 17.3. The molecule has 1 amide bonds. The van der Waals surface area contributed by atoms with Gasteiger partial charge in [-0.15, -0.1) is 0 Å². The van der Waals surface area contributed by atoms with E-state index in [0.29, 0.717) is 32.1 Å². The summed E-state index contributed by atoms with van der Waals surface area (Å²) in [4.78, 5) is 34.4. The van der Waals surface area contributed by atoms with Gasteiger partial charge in [-0.3, -0.25) is 9.59 Å². The zero-order valence-electron chi connectivity index (χ0n) is 23.3. The summed E-state index contributed by atoms with van der Waals surface area (Å²) in [5, 5.41) is 22.5. The standard InChI is InChI=1S/C29H55NO6/c1-4-5-6-7-8-9-10-11-12-13-17-20-27(32)25(28(33)34)19-16-14-15-18-21-36-29(35)26(30-23-31)22-24(2)3/h23-27,32H,4-22H2,1-3H3,(H,30,31)(H,33,34)/t25-,26-,27+/m0/s1. The molecule has 0 aliphatic heterocycles. The van der Waals surface area contributed by atoms with Gasteiger partial charge in [0, 0.05) is 0 Å². The van der Waals surface area contributed by atoms with E-state index >= 15 is 0 Å². The van der Waals surface area contributed by atoms with Gasteiger partial charge < -0.3 is 20.3 Å². The van der Waals surface area contributed by atoms with Crippen LogP contribution in [0, 0.1) is 11.8 Å². The normalized spacial score (nSPS) is 13.8. The van der Waals surface area contributed by atoms with Gasteiger partial charge >= 0.3 is 11.9 Å². The van der Waals surface area contributed by atoms with Crippen molar-refractivity contribution in [3.63, 3.8) is 0 Å². The molecule has 0 bridgehead atoms. The number of carboxylic acids is 1. The highest BCUT2D eigenvalue weighted by Crippen LogP contribution is 2.20. The molecule has 3 N–H and O–H groups in total. The minimum Gasteiger partial charge on any atom is -0.481 e. The first kappa shape index (κ1) is 34.4. The molecule has 0 radical (unpaired) electrons. The topological polar surface area (TPSA) is 113 Å². The maximum absolute atomic E-state index is 12.1. The maximum Gasteiger partial charge on any atom is 0.328 e. The van der Waals surface area contributed by atoms with E-state index in [0.717, 1.165) is 38.5 Å². The largest absolute Gasteiger partial charge is 0.481 e. The minimum atomic E-state index is -0.918. The molecule has 36 heavy (non-hydrogen) atoms. The number of carboxylic acid groups (broad SMARTS) is 1. The van der Waals surface area contributed by atoms with Gasteiger partial charge in [0.2, 0.25) is 6.41 Å². The SMILES string of the molecule is CCCCCCCCCCCCC[C@@H](O)[C@H](CCCCCCOC(=O)[C@H](CC(C)C)NC=O)C(=O)O. The number of unbranched alkanes of at least 4 members (excludes halogenated alkanes) is 13. The summed E-state index contributed by atoms with van der Waals surface area (Å²) in [6.07, 6.45) is 18.0. The first-order valence-electron chi connectivity index (χ1n) is 14.6. The molecule has 0 saturated carbocycles. The fourth-order valence-corrected chi connectivity index (χ4v) is 4.58. The van der Waals surface area contributed by atoms with E-state index in [-0.39, 0.29) is 12.5 Å². The van der Waals surface area contributed by atoms with Crippen LogP contribution in [-0.2, 0) is 19.1 Å². The molecular formula is C29H55NO6. The lowest BCUT2D eigenvalue weighted by Crippen LogP contribution is -2.38. The van der Waals surface area contributed by atoms with E-state index in [2.05, 4.69) is 12.2 Å². The van der Waals surface area contributed by atoms with Crippen LogP contribution in [0.15, 0.2) is 0 Å². The lowest BCUT2D eigenvalue weighted by atomic mass is 9.91. The number of rotatable bonds is 26. The Bertz CT molecular complexity index is 554. The van der Waals surface area contributed by atoms with Crippen molar-refractivity contribution < 1.29 is 29.3 Å². The number of amides is 1. The fourth-order valence-electron chi connectivity index (χ4n) is 4.58. The molecule has 7 nitrogen and oxygen atoms in total. The number of aliphatic hydroxyl groups excluding tert-OH is 1. The first-order valence-corrected chi connectivity index (χ1v) is 14.6. The van der Waals surface area contributed by atoms with Crippen molar-refractivity contribution in [1.29, 1.82) is 0 Å². The van der Waals surface area contributed by atoms with Crippen LogP contribution in [-0.4, -0.2) is 47.3 Å². The Morgan fingerprint density at radius 3 is 1.81 bits per heavy atom. The molecule has 0 aromatic rings. The molecule has 0 aliphatic rings. The molecule has 0 spiro atoms. The van der Waals surface area contributed by atoms with Crippen LogP contribution in [0.2, 0.25) is 0 Å². The molecule has 0 aromatic heterocycles. The number of carbonyl (C=O) groups excluding carboxylic acids is 2. The maximum atomic E-state index is 12.1. The predicted molar refractivity (Wildman–Crippen MR) is 145 cm³/mol. The number of aliphatic hydroxyl groups is 1. The lowest BCUT2D eigenvalue weighted by Gasteiger charge is -2.19. The van der Waals surface area contributed by atoms with Crippen molar-refractivity contribution >= 4 is 18.3 Å². The molecule has 3 atom stereocenters. The number of ether oxygens (including phenoxy) is 1.